The van der Waals surface area contributed by atoms with Crippen LogP contribution in [0.2, 0.25) is 0 Å². The molecule has 4 nitrogen and oxygen atoms in total. The lowest BCUT2D eigenvalue weighted by molar-refractivity contribution is -0.156. The van der Waals surface area contributed by atoms with Crippen molar-refractivity contribution in [2.24, 2.45) is 0 Å². The van der Waals surface area contributed by atoms with Crippen LogP contribution in [-0.2, 0) is 27.3 Å². The summed E-state index contributed by atoms with van der Waals surface area (Å²) >= 11 is 0. The molecule has 134 valence electrons. The maximum absolute atomic E-state index is 12.0. The van der Waals surface area contributed by atoms with Crippen LogP contribution in [0, 0.1) is 0 Å². The molecule has 0 aromatic heterocycles. The Balaban J connectivity index is 1.91. The molecular weight excluding hydrogens is 316 g/mol. The molecule has 0 bridgehead atoms. The Hall–Kier alpha value is -2.33. The van der Waals surface area contributed by atoms with Gasteiger partial charge in [0.05, 0.1) is 6.61 Å². The van der Waals surface area contributed by atoms with E-state index in [1.807, 2.05) is 61.5 Å². The minimum absolute atomic E-state index is 0.305. The number of benzene rings is 2. The van der Waals surface area contributed by atoms with Crippen molar-refractivity contribution in [2.45, 2.75) is 39.4 Å². The van der Waals surface area contributed by atoms with E-state index in [1.165, 1.54) is 0 Å². The lowest BCUT2D eigenvalue weighted by Gasteiger charge is -2.16. The summed E-state index contributed by atoms with van der Waals surface area (Å²) in [5.74, 6) is 0.495. The minimum atomic E-state index is -0.559. The highest BCUT2D eigenvalue weighted by atomic mass is 16.6. The molecule has 2 aromatic rings. The number of carbonyl (C=O) groups excluding carboxylic acids is 1. The first kappa shape index (κ1) is 19.0. The predicted octanol–water partition coefficient (Wildman–Crippen LogP) is 4.17. The van der Waals surface area contributed by atoms with E-state index < -0.39 is 6.10 Å². The SMILES string of the molecule is CCCOC(Cc1ccc(OCc2ccccc2)cc1)C(=O)OCC. The first-order valence-corrected chi connectivity index (χ1v) is 8.76. The first-order valence-electron chi connectivity index (χ1n) is 8.76. The number of ether oxygens (including phenoxy) is 3. The highest BCUT2D eigenvalue weighted by Gasteiger charge is 2.20. The van der Waals surface area contributed by atoms with Crippen molar-refractivity contribution in [1.82, 2.24) is 0 Å². The molecule has 0 saturated heterocycles. The second-order valence-corrected chi connectivity index (χ2v) is 5.73. The topological polar surface area (TPSA) is 44.8 Å². The molecule has 0 saturated carbocycles. The third-order valence-corrected chi connectivity index (χ3v) is 3.67. The van der Waals surface area contributed by atoms with Gasteiger partial charge in [-0.3, -0.25) is 0 Å². The molecule has 2 aromatic carbocycles. The monoisotopic (exact) mass is 342 g/mol. The molecule has 1 unspecified atom stereocenters. The smallest absolute Gasteiger partial charge is 0.335 e. The molecule has 0 fully saturated rings. The van der Waals surface area contributed by atoms with Crippen molar-refractivity contribution in [3.05, 3.63) is 65.7 Å². The molecule has 1 atom stereocenters. The Bertz CT molecular complexity index is 622. The van der Waals surface area contributed by atoms with Gasteiger partial charge in [-0.2, -0.15) is 0 Å². The van der Waals surface area contributed by atoms with Gasteiger partial charge < -0.3 is 14.2 Å². The third-order valence-electron chi connectivity index (χ3n) is 3.67. The van der Waals surface area contributed by atoms with Crippen LogP contribution in [0.25, 0.3) is 0 Å². The summed E-state index contributed by atoms with van der Waals surface area (Å²) in [7, 11) is 0. The third kappa shape index (κ3) is 6.59. The highest BCUT2D eigenvalue weighted by molar-refractivity contribution is 5.75. The highest BCUT2D eigenvalue weighted by Crippen LogP contribution is 2.16. The van der Waals surface area contributed by atoms with E-state index in [2.05, 4.69) is 0 Å². The van der Waals surface area contributed by atoms with Crippen LogP contribution in [0.5, 0.6) is 5.75 Å². The quantitative estimate of drug-likeness (QED) is 0.608. The fourth-order valence-electron chi connectivity index (χ4n) is 2.38. The van der Waals surface area contributed by atoms with Gasteiger partial charge in [0.15, 0.2) is 6.10 Å². The van der Waals surface area contributed by atoms with Gasteiger partial charge in [-0.1, -0.05) is 49.4 Å². The van der Waals surface area contributed by atoms with Crippen molar-refractivity contribution < 1.29 is 19.0 Å². The predicted molar refractivity (Wildman–Crippen MR) is 97.6 cm³/mol. The molecule has 2 rings (SSSR count). The molecule has 0 aliphatic heterocycles. The van der Waals surface area contributed by atoms with Gasteiger partial charge in [-0.15, -0.1) is 0 Å². The molecule has 25 heavy (non-hydrogen) atoms. The average molecular weight is 342 g/mol. The van der Waals surface area contributed by atoms with Crippen LogP contribution in [0.3, 0.4) is 0 Å². The summed E-state index contributed by atoms with van der Waals surface area (Å²) in [5, 5.41) is 0. The Morgan fingerprint density at radius 2 is 1.68 bits per heavy atom. The molecule has 4 heteroatoms. The van der Waals surface area contributed by atoms with E-state index in [0.29, 0.717) is 26.2 Å². The summed E-state index contributed by atoms with van der Waals surface area (Å²) in [6, 6.07) is 17.8. The number of carbonyl (C=O) groups is 1. The summed E-state index contributed by atoms with van der Waals surface area (Å²) in [4.78, 5) is 12.0. The zero-order valence-corrected chi connectivity index (χ0v) is 14.9. The fourth-order valence-corrected chi connectivity index (χ4v) is 2.38. The van der Waals surface area contributed by atoms with Gasteiger partial charge in [0, 0.05) is 13.0 Å². The average Bonchev–Trinajstić information content (AvgIpc) is 2.65. The second-order valence-electron chi connectivity index (χ2n) is 5.73. The lowest BCUT2D eigenvalue weighted by atomic mass is 10.1. The van der Waals surface area contributed by atoms with Gasteiger partial charge in [0.1, 0.15) is 12.4 Å². The first-order chi connectivity index (χ1) is 12.2. The fraction of sp³-hybridized carbons (Fsp3) is 0.381. The lowest BCUT2D eigenvalue weighted by Crippen LogP contribution is -2.29. The van der Waals surface area contributed by atoms with E-state index in [-0.39, 0.29) is 5.97 Å². The zero-order chi connectivity index (χ0) is 17.9. The number of hydrogen-bond donors (Lipinski definition) is 0. The van der Waals surface area contributed by atoms with Crippen molar-refractivity contribution in [1.29, 1.82) is 0 Å². The van der Waals surface area contributed by atoms with Crippen LogP contribution in [0.15, 0.2) is 54.6 Å². The van der Waals surface area contributed by atoms with Crippen LogP contribution in [-0.4, -0.2) is 25.3 Å². The standard InChI is InChI=1S/C21H26O4/c1-3-14-24-20(21(22)23-4-2)15-17-10-12-19(13-11-17)25-16-18-8-6-5-7-9-18/h5-13,20H,3-4,14-16H2,1-2H3. The maximum Gasteiger partial charge on any atom is 0.335 e. The molecule has 0 radical (unpaired) electrons. The molecule has 0 aliphatic carbocycles. The van der Waals surface area contributed by atoms with E-state index in [1.54, 1.807) is 6.92 Å². The number of hydrogen-bond acceptors (Lipinski definition) is 4. The van der Waals surface area contributed by atoms with Crippen molar-refractivity contribution in [2.75, 3.05) is 13.2 Å². The van der Waals surface area contributed by atoms with Crippen molar-refractivity contribution in [3.63, 3.8) is 0 Å². The van der Waals surface area contributed by atoms with Crippen LogP contribution in [0.1, 0.15) is 31.4 Å². The molecule has 0 amide bonds. The Labute approximate surface area is 149 Å². The van der Waals surface area contributed by atoms with Crippen molar-refractivity contribution >= 4 is 5.97 Å². The Morgan fingerprint density at radius 3 is 2.32 bits per heavy atom. The maximum atomic E-state index is 12.0. The van der Waals surface area contributed by atoms with Gasteiger partial charge in [0.2, 0.25) is 0 Å². The largest absolute Gasteiger partial charge is 0.489 e. The number of rotatable bonds is 10. The van der Waals surface area contributed by atoms with Gasteiger partial charge in [-0.25, -0.2) is 4.79 Å². The summed E-state index contributed by atoms with van der Waals surface area (Å²) < 4.78 is 16.5. The van der Waals surface area contributed by atoms with E-state index in [4.69, 9.17) is 14.2 Å². The molecule has 0 heterocycles. The van der Waals surface area contributed by atoms with Crippen LogP contribution < -0.4 is 4.74 Å². The summed E-state index contributed by atoms with van der Waals surface area (Å²) in [6.07, 6.45) is 0.802. The van der Waals surface area contributed by atoms with E-state index >= 15 is 0 Å². The van der Waals surface area contributed by atoms with Crippen molar-refractivity contribution in [3.8, 4) is 5.75 Å². The molecule has 0 N–H and O–H groups in total. The van der Waals surface area contributed by atoms with Crippen LogP contribution in [0.4, 0.5) is 0 Å². The molecular formula is C21H26O4. The van der Waals surface area contributed by atoms with E-state index in [0.717, 1.165) is 23.3 Å². The zero-order valence-electron chi connectivity index (χ0n) is 14.9. The minimum Gasteiger partial charge on any atom is -0.489 e. The molecule has 0 aliphatic rings. The Kier molecular flexibility index (Phi) is 7.99. The molecule has 0 spiro atoms. The second kappa shape index (κ2) is 10.5. The summed E-state index contributed by atoms with van der Waals surface area (Å²) in [5.41, 5.74) is 2.14. The number of esters is 1. The van der Waals surface area contributed by atoms with Gasteiger partial charge in [-0.05, 0) is 36.6 Å². The summed E-state index contributed by atoms with van der Waals surface area (Å²) in [6.45, 7) is 5.25. The normalized spacial score (nSPS) is 11.8. The van der Waals surface area contributed by atoms with E-state index in [9.17, 15) is 4.79 Å². The van der Waals surface area contributed by atoms with Crippen LogP contribution >= 0.6 is 0 Å². The van der Waals surface area contributed by atoms with Gasteiger partial charge in [0.25, 0.3) is 0 Å². The Morgan fingerprint density at radius 1 is 0.960 bits per heavy atom. The van der Waals surface area contributed by atoms with Gasteiger partial charge >= 0.3 is 5.97 Å².